The quantitative estimate of drug-likeness (QED) is 0.481. The van der Waals surface area contributed by atoms with Crippen molar-refractivity contribution in [2.45, 2.75) is 65.4 Å². The zero-order valence-corrected chi connectivity index (χ0v) is 16.8. The van der Waals surface area contributed by atoms with Crippen LogP contribution >= 0.6 is 0 Å². The van der Waals surface area contributed by atoms with E-state index in [1.807, 2.05) is 38.1 Å². The third-order valence-corrected chi connectivity index (χ3v) is 4.18. The molecule has 1 amide bonds. The second-order valence-electron chi connectivity index (χ2n) is 6.56. The highest BCUT2D eigenvalue weighted by Crippen LogP contribution is 2.23. The first kappa shape index (κ1) is 22.5. The van der Waals surface area contributed by atoms with Gasteiger partial charge in [-0.1, -0.05) is 33.1 Å². The Hall–Kier alpha value is -1.59. The van der Waals surface area contributed by atoms with Crippen LogP contribution in [0.3, 0.4) is 0 Å². The van der Waals surface area contributed by atoms with Gasteiger partial charge in [0.1, 0.15) is 18.0 Å². The molecule has 1 N–H and O–H groups in total. The van der Waals surface area contributed by atoms with Gasteiger partial charge >= 0.3 is 0 Å². The van der Waals surface area contributed by atoms with Gasteiger partial charge in [-0.3, -0.25) is 4.79 Å². The van der Waals surface area contributed by atoms with E-state index in [-0.39, 0.29) is 5.91 Å². The molecule has 26 heavy (non-hydrogen) atoms. The summed E-state index contributed by atoms with van der Waals surface area (Å²) in [4.78, 5) is 12.8. The monoisotopic (exact) mass is 365 g/mol. The lowest BCUT2D eigenvalue weighted by Gasteiger charge is -2.28. The van der Waals surface area contributed by atoms with Crippen LogP contribution in [0.2, 0.25) is 0 Å². The van der Waals surface area contributed by atoms with E-state index in [0.29, 0.717) is 26.4 Å². The van der Waals surface area contributed by atoms with Crippen LogP contribution in [0, 0.1) is 0 Å². The first-order valence-corrected chi connectivity index (χ1v) is 9.81. The molecule has 0 fully saturated rings. The van der Waals surface area contributed by atoms with Crippen LogP contribution in [-0.2, 0) is 14.3 Å². The molecular formula is C21H35NO4. The molecule has 1 aromatic rings. The molecule has 0 aliphatic carbocycles. The maximum Gasteiger partial charge on any atom is 0.256 e. The van der Waals surface area contributed by atoms with Crippen LogP contribution in [0.5, 0.6) is 5.75 Å². The SMILES string of the molecule is CCCCCC(C)(OCCC)C(=O)Nc1ccc(OCCOCC)cc1. The highest BCUT2D eigenvalue weighted by atomic mass is 16.5. The maximum absolute atomic E-state index is 12.8. The minimum Gasteiger partial charge on any atom is -0.491 e. The fraction of sp³-hybridized carbons (Fsp3) is 0.667. The Morgan fingerprint density at radius 1 is 1.00 bits per heavy atom. The number of rotatable bonds is 14. The van der Waals surface area contributed by atoms with Crippen molar-refractivity contribution in [1.29, 1.82) is 0 Å². The van der Waals surface area contributed by atoms with Gasteiger partial charge in [0, 0.05) is 18.9 Å². The highest BCUT2D eigenvalue weighted by molar-refractivity contribution is 5.97. The molecule has 0 aliphatic rings. The molecule has 1 aromatic carbocycles. The zero-order valence-electron chi connectivity index (χ0n) is 16.8. The second-order valence-corrected chi connectivity index (χ2v) is 6.56. The van der Waals surface area contributed by atoms with Crippen LogP contribution in [0.1, 0.15) is 59.8 Å². The molecule has 5 heteroatoms. The zero-order chi connectivity index (χ0) is 19.3. The Labute approximate surface area is 158 Å². The van der Waals surface area contributed by atoms with Crippen LogP contribution < -0.4 is 10.1 Å². The van der Waals surface area contributed by atoms with Crippen molar-refractivity contribution in [3.8, 4) is 5.75 Å². The molecule has 0 spiro atoms. The van der Waals surface area contributed by atoms with Gasteiger partial charge in [-0.15, -0.1) is 0 Å². The average molecular weight is 366 g/mol. The van der Waals surface area contributed by atoms with E-state index in [1.165, 1.54) is 0 Å². The lowest BCUT2D eigenvalue weighted by molar-refractivity contribution is -0.140. The van der Waals surface area contributed by atoms with Gasteiger partial charge in [-0.05, 0) is 51.0 Å². The van der Waals surface area contributed by atoms with Gasteiger partial charge in [0.2, 0.25) is 0 Å². The lowest BCUT2D eigenvalue weighted by Crippen LogP contribution is -2.43. The average Bonchev–Trinajstić information content (AvgIpc) is 2.65. The minimum absolute atomic E-state index is 0.0907. The van der Waals surface area contributed by atoms with E-state index in [2.05, 4.69) is 19.2 Å². The first-order valence-electron chi connectivity index (χ1n) is 9.81. The Kier molecular flexibility index (Phi) is 11.0. The number of carbonyl (C=O) groups is 1. The summed E-state index contributed by atoms with van der Waals surface area (Å²) < 4.78 is 16.7. The predicted octanol–water partition coefficient (Wildman–Crippen LogP) is 4.81. The topological polar surface area (TPSA) is 56.8 Å². The number of carbonyl (C=O) groups excluding carboxylic acids is 1. The molecule has 0 bridgehead atoms. The van der Waals surface area contributed by atoms with Gasteiger partial charge in [-0.2, -0.15) is 0 Å². The fourth-order valence-electron chi connectivity index (χ4n) is 2.55. The number of amides is 1. The van der Waals surface area contributed by atoms with Crippen LogP contribution in [0.4, 0.5) is 5.69 Å². The van der Waals surface area contributed by atoms with Gasteiger partial charge in [0.05, 0.1) is 6.61 Å². The lowest BCUT2D eigenvalue weighted by atomic mass is 9.96. The standard InChI is InChI=1S/C21H35NO4/c1-5-8-9-14-21(4,26-15-6-2)20(23)22-18-10-12-19(13-11-18)25-17-16-24-7-3/h10-13H,5-9,14-17H2,1-4H3,(H,22,23). The van der Waals surface area contributed by atoms with E-state index < -0.39 is 5.60 Å². The summed E-state index contributed by atoms with van der Waals surface area (Å²) in [6, 6.07) is 7.39. The molecule has 0 saturated heterocycles. The number of benzene rings is 1. The largest absolute Gasteiger partial charge is 0.491 e. The van der Waals surface area contributed by atoms with Crippen molar-refractivity contribution in [2.75, 3.05) is 31.7 Å². The Morgan fingerprint density at radius 3 is 2.35 bits per heavy atom. The van der Waals surface area contributed by atoms with Gasteiger partial charge < -0.3 is 19.5 Å². The Balaban J connectivity index is 2.60. The third kappa shape index (κ3) is 8.19. The first-order chi connectivity index (χ1) is 12.6. The molecule has 1 atom stereocenters. The van der Waals surface area contributed by atoms with Crippen molar-refractivity contribution in [2.24, 2.45) is 0 Å². The second kappa shape index (κ2) is 12.7. The molecule has 0 saturated carbocycles. The Morgan fingerprint density at radius 2 is 1.73 bits per heavy atom. The van der Waals surface area contributed by atoms with Crippen LogP contribution in [0.25, 0.3) is 0 Å². The highest BCUT2D eigenvalue weighted by Gasteiger charge is 2.33. The minimum atomic E-state index is -0.794. The molecule has 148 valence electrons. The summed E-state index contributed by atoms with van der Waals surface area (Å²) >= 11 is 0. The number of hydrogen-bond donors (Lipinski definition) is 1. The normalized spacial score (nSPS) is 13.2. The Bertz CT molecular complexity index is 503. The number of unbranched alkanes of at least 4 members (excludes halogenated alkanes) is 2. The number of ether oxygens (including phenoxy) is 3. The molecule has 1 unspecified atom stereocenters. The molecule has 0 aliphatic heterocycles. The molecule has 0 radical (unpaired) electrons. The van der Waals surface area contributed by atoms with Crippen LogP contribution in [0.15, 0.2) is 24.3 Å². The van der Waals surface area contributed by atoms with E-state index in [1.54, 1.807) is 0 Å². The van der Waals surface area contributed by atoms with Crippen molar-refractivity contribution < 1.29 is 19.0 Å². The van der Waals surface area contributed by atoms with Gasteiger partial charge in [-0.25, -0.2) is 0 Å². The predicted molar refractivity (Wildman–Crippen MR) is 106 cm³/mol. The summed E-state index contributed by atoms with van der Waals surface area (Å²) in [6.45, 7) is 10.4. The summed E-state index contributed by atoms with van der Waals surface area (Å²) in [5, 5.41) is 2.98. The van der Waals surface area contributed by atoms with Crippen molar-refractivity contribution in [3.05, 3.63) is 24.3 Å². The number of anilines is 1. The summed E-state index contributed by atoms with van der Waals surface area (Å²) in [5.74, 6) is 0.669. The number of nitrogens with one attached hydrogen (secondary N) is 1. The van der Waals surface area contributed by atoms with Crippen LogP contribution in [-0.4, -0.2) is 37.9 Å². The molecule has 0 heterocycles. The molecule has 0 aromatic heterocycles. The smallest absolute Gasteiger partial charge is 0.256 e. The maximum atomic E-state index is 12.8. The molecule has 1 rings (SSSR count). The summed E-state index contributed by atoms with van der Waals surface area (Å²) in [6.07, 6.45) is 4.83. The van der Waals surface area contributed by atoms with E-state index in [0.717, 1.165) is 43.5 Å². The van der Waals surface area contributed by atoms with E-state index in [9.17, 15) is 4.79 Å². The molecular weight excluding hydrogens is 330 g/mol. The van der Waals surface area contributed by atoms with Gasteiger partial charge in [0.15, 0.2) is 0 Å². The summed E-state index contributed by atoms with van der Waals surface area (Å²) in [5.41, 5.74) is -0.0494. The fourth-order valence-corrected chi connectivity index (χ4v) is 2.55. The summed E-state index contributed by atoms with van der Waals surface area (Å²) in [7, 11) is 0. The van der Waals surface area contributed by atoms with E-state index in [4.69, 9.17) is 14.2 Å². The van der Waals surface area contributed by atoms with E-state index >= 15 is 0 Å². The van der Waals surface area contributed by atoms with Gasteiger partial charge in [0.25, 0.3) is 5.91 Å². The third-order valence-electron chi connectivity index (χ3n) is 4.18. The number of hydrogen-bond acceptors (Lipinski definition) is 4. The molecule has 5 nitrogen and oxygen atoms in total. The van der Waals surface area contributed by atoms with Crippen molar-refractivity contribution in [3.63, 3.8) is 0 Å². The van der Waals surface area contributed by atoms with Crippen molar-refractivity contribution in [1.82, 2.24) is 0 Å². The van der Waals surface area contributed by atoms with Crippen molar-refractivity contribution >= 4 is 11.6 Å².